The van der Waals surface area contributed by atoms with E-state index >= 15 is 0 Å². The number of nitrogens with one attached hydrogen (secondary N) is 2. The number of pyridine rings is 1. The molecule has 5 rings (SSSR count). The average molecular weight is 478 g/mol. The van der Waals surface area contributed by atoms with Crippen LogP contribution in [0, 0.1) is 0 Å². The van der Waals surface area contributed by atoms with Gasteiger partial charge >= 0.3 is 0 Å². The number of carbonyl (C=O) groups is 1. The number of aryl methyl sites for hydroxylation is 1. The van der Waals surface area contributed by atoms with E-state index in [-0.39, 0.29) is 5.91 Å². The van der Waals surface area contributed by atoms with Gasteiger partial charge in [-0.05, 0) is 48.4 Å². The van der Waals surface area contributed by atoms with Crippen molar-refractivity contribution < 1.29 is 13.2 Å². The third-order valence-corrected chi connectivity index (χ3v) is 6.89. The SMILES string of the molecule is CN(c1cccc(Cn2ccc3cnc(Nc4ccc5c(c4)CCC(=O)N5)nc32)n1)S(C)(=O)=O. The number of carbonyl (C=O) groups excluding carboxylic acids is 1. The smallest absolute Gasteiger partial charge is 0.233 e. The van der Waals surface area contributed by atoms with Crippen molar-refractivity contribution in [2.24, 2.45) is 0 Å². The predicted molar refractivity (Wildman–Crippen MR) is 131 cm³/mol. The van der Waals surface area contributed by atoms with Crippen LogP contribution in [-0.2, 0) is 27.8 Å². The van der Waals surface area contributed by atoms with Crippen LogP contribution in [0.3, 0.4) is 0 Å². The van der Waals surface area contributed by atoms with Crippen molar-refractivity contribution in [3.05, 3.63) is 66.1 Å². The summed E-state index contributed by atoms with van der Waals surface area (Å²) < 4.78 is 26.8. The number of nitrogens with zero attached hydrogens (tertiary/aromatic N) is 5. The summed E-state index contributed by atoms with van der Waals surface area (Å²) in [6.45, 7) is 0.421. The summed E-state index contributed by atoms with van der Waals surface area (Å²) in [5.74, 6) is 0.841. The maximum Gasteiger partial charge on any atom is 0.233 e. The fourth-order valence-electron chi connectivity index (χ4n) is 3.82. The molecule has 10 nitrogen and oxygen atoms in total. The minimum absolute atomic E-state index is 0.0331. The molecule has 0 bridgehead atoms. The molecular weight excluding hydrogens is 454 g/mol. The first-order valence-corrected chi connectivity index (χ1v) is 12.5. The summed E-state index contributed by atoms with van der Waals surface area (Å²) in [6.07, 6.45) is 5.97. The molecule has 2 N–H and O–H groups in total. The number of benzene rings is 1. The van der Waals surface area contributed by atoms with Crippen molar-refractivity contribution in [2.45, 2.75) is 19.4 Å². The molecule has 11 heteroatoms. The van der Waals surface area contributed by atoms with Crippen molar-refractivity contribution in [2.75, 3.05) is 28.2 Å². The Bertz CT molecular complexity index is 1510. The highest BCUT2D eigenvalue weighted by Gasteiger charge is 2.16. The molecular formula is C23H23N7O3S. The first-order valence-electron chi connectivity index (χ1n) is 10.7. The highest BCUT2D eigenvalue weighted by Crippen LogP contribution is 2.27. The van der Waals surface area contributed by atoms with Crippen LogP contribution >= 0.6 is 0 Å². The van der Waals surface area contributed by atoms with Gasteiger partial charge in [0.2, 0.25) is 21.9 Å². The van der Waals surface area contributed by atoms with Crippen molar-refractivity contribution in [3.63, 3.8) is 0 Å². The maximum absolute atomic E-state index is 11.9. The first-order chi connectivity index (χ1) is 16.3. The van der Waals surface area contributed by atoms with Gasteiger partial charge in [0.15, 0.2) is 0 Å². The molecule has 34 heavy (non-hydrogen) atoms. The van der Waals surface area contributed by atoms with Gasteiger partial charge in [0.1, 0.15) is 11.5 Å². The van der Waals surface area contributed by atoms with E-state index in [2.05, 4.69) is 25.6 Å². The molecule has 1 aliphatic heterocycles. The van der Waals surface area contributed by atoms with E-state index < -0.39 is 10.0 Å². The van der Waals surface area contributed by atoms with Crippen molar-refractivity contribution in [1.29, 1.82) is 0 Å². The summed E-state index contributed by atoms with van der Waals surface area (Å²) in [4.78, 5) is 25.2. The Morgan fingerprint density at radius 3 is 2.82 bits per heavy atom. The van der Waals surface area contributed by atoms with Gasteiger partial charge in [-0.1, -0.05) is 6.07 Å². The number of amides is 1. The van der Waals surface area contributed by atoms with E-state index in [1.165, 1.54) is 7.05 Å². The Morgan fingerprint density at radius 2 is 2.00 bits per heavy atom. The quantitative estimate of drug-likeness (QED) is 0.438. The Labute approximate surface area is 196 Å². The number of anilines is 4. The van der Waals surface area contributed by atoms with Crippen molar-refractivity contribution in [1.82, 2.24) is 19.5 Å². The third-order valence-electron chi connectivity index (χ3n) is 5.70. The normalized spacial score (nSPS) is 13.4. The number of hydrogen-bond donors (Lipinski definition) is 2. The molecule has 0 unspecified atom stereocenters. The zero-order chi connectivity index (χ0) is 23.9. The van der Waals surface area contributed by atoms with E-state index in [4.69, 9.17) is 0 Å². The minimum Gasteiger partial charge on any atom is -0.326 e. The average Bonchev–Trinajstić information content (AvgIpc) is 3.20. The molecule has 0 atom stereocenters. The Kier molecular flexibility index (Phi) is 5.40. The second-order valence-corrected chi connectivity index (χ2v) is 10.2. The molecule has 0 aliphatic carbocycles. The monoisotopic (exact) mass is 477 g/mol. The molecule has 1 aromatic carbocycles. The lowest BCUT2D eigenvalue weighted by atomic mass is 10.0. The van der Waals surface area contributed by atoms with Crippen LogP contribution in [0.2, 0.25) is 0 Å². The van der Waals surface area contributed by atoms with Gasteiger partial charge in [0.25, 0.3) is 0 Å². The fourth-order valence-corrected chi connectivity index (χ4v) is 4.26. The third kappa shape index (κ3) is 4.42. The molecule has 174 valence electrons. The van der Waals surface area contributed by atoms with Crippen LogP contribution in [0.4, 0.5) is 23.1 Å². The van der Waals surface area contributed by atoms with Crippen molar-refractivity contribution >= 4 is 50.1 Å². The number of fused-ring (bicyclic) bond motifs is 2. The molecule has 0 saturated heterocycles. The lowest BCUT2D eigenvalue weighted by Gasteiger charge is -2.17. The molecule has 0 spiro atoms. The van der Waals surface area contributed by atoms with E-state index in [0.29, 0.717) is 36.8 Å². The lowest BCUT2D eigenvalue weighted by molar-refractivity contribution is -0.116. The van der Waals surface area contributed by atoms with Crippen LogP contribution in [0.1, 0.15) is 17.7 Å². The van der Waals surface area contributed by atoms with E-state index in [9.17, 15) is 13.2 Å². The van der Waals surface area contributed by atoms with Crippen LogP contribution in [-0.4, -0.2) is 47.1 Å². The summed E-state index contributed by atoms with van der Waals surface area (Å²) >= 11 is 0. The van der Waals surface area contributed by atoms with Gasteiger partial charge < -0.3 is 15.2 Å². The van der Waals surface area contributed by atoms with Gasteiger partial charge in [0.05, 0.1) is 18.5 Å². The zero-order valence-corrected chi connectivity index (χ0v) is 19.5. The number of rotatable bonds is 6. The standard InChI is InChI=1S/C23H23N7O3S/c1-29(34(2,32)33)20-5-3-4-18(25-20)14-30-11-10-16-13-24-23(28-22(16)30)26-17-7-8-19-15(12-17)6-9-21(31)27-19/h3-5,7-8,10-13H,6,9,14H2,1-2H3,(H,27,31)(H,24,26,28). The number of aromatic nitrogens is 4. The van der Waals surface area contributed by atoms with Gasteiger partial charge in [0, 0.05) is 42.6 Å². The van der Waals surface area contributed by atoms with Crippen LogP contribution < -0.4 is 14.9 Å². The maximum atomic E-state index is 11.9. The van der Waals surface area contributed by atoms with Gasteiger partial charge in [-0.15, -0.1) is 0 Å². The van der Waals surface area contributed by atoms with Crippen LogP contribution in [0.25, 0.3) is 11.0 Å². The molecule has 4 heterocycles. The summed E-state index contributed by atoms with van der Waals surface area (Å²) in [5, 5.41) is 7.00. The molecule has 1 aliphatic rings. The Balaban J connectivity index is 1.39. The predicted octanol–water partition coefficient (Wildman–Crippen LogP) is 2.90. The molecule has 1 amide bonds. The summed E-state index contributed by atoms with van der Waals surface area (Å²) in [6, 6.07) is 13.0. The highest BCUT2D eigenvalue weighted by atomic mass is 32.2. The summed E-state index contributed by atoms with van der Waals surface area (Å²) in [7, 11) is -1.92. The fraction of sp³-hybridized carbons (Fsp3) is 0.217. The van der Waals surface area contributed by atoms with Gasteiger partial charge in [-0.3, -0.25) is 9.10 Å². The van der Waals surface area contributed by atoms with E-state index in [1.54, 1.807) is 18.3 Å². The topological polar surface area (TPSA) is 122 Å². The minimum atomic E-state index is -3.40. The van der Waals surface area contributed by atoms with Crippen molar-refractivity contribution in [3.8, 4) is 0 Å². The largest absolute Gasteiger partial charge is 0.326 e. The second kappa shape index (κ2) is 8.41. The lowest BCUT2D eigenvalue weighted by Crippen LogP contribution is -2.26. The molecule has 0 radical (unpaired) electrons. The van der Waals surface area contributed by atoms with E-state index in [0.717, 1.165) is 38.5 Å². The molecule has 0 saturated carbocycles. The zero-order valence-electron chi connectivity index (χ0n) is 18.7. The Hall–Kier alpha value is -3.99. The van der Waals surface area contributed by atoms with Crippen LogP contribution in [0.15, 0.2) is 54.9 Å². The molecule has 0 fully saturated rings. The van der Waals surface area contributed by atoms with Crippen LogP contribution in [0.5, 0.6) is 0 Å². The Morgan fingerprint density at radius 1 is 1.15 bits per heavy atom. The molecule has 3 aromatic heterocycles. The first kappa shape index (κ1) is 21.8. The summed E-state index contributed by atoms with van der Waals surface area (Å²) in [5.41, 5.74) is 4.18. The van der Waals surface area contributed by atoms with Gasteiger partial charge in [-0.2, -0.15) is 4.98 Å². The number of hydrogen-bond acceptors (Lipinski definition) is 7. The van der Waals surface area contributed by atoms with Gasteiger partial charge in [-0.25, -0.2) is 18.4 Å². The molecule has 4 aromatic rings. The second-order valence-electron chi connectivity index (χ2n) is 8.18. The number of sulfonamides is 1. The van der Waals surface area contributed by atoms with E-state index in [1.807, 2.05) is 41.1 Å². The highest BCUT2D eigenvalue weighted by molar-refractivity contribution is 7.92.